The number of rotatable bonds is 3. The second-order valence-electron chi connectivity index (χ2n) is 3.38. The second kappa shape index (κ2) is 5.12. The van der Waals surface area contributed by atoms with E-state index >= 15 is 0 Å². The van der Waals surface area contributed by atoms with Crippen molar-refractivity contribution in [2.24, 2.45) is 4.36 Å². The molecule has 2 aromatic carbocycles. The molecule has 0 saturated heterocycles. The van der Waals surface area contributed by atoms with E-state index in [0.717, 1.165) is 0 Å². The SMILES string of the molecule is COS(=O)(=Nc1ccccc1)c1ccccc1. The molecular formula is C13H13NO2S. The molecule has 1 atom stereocenters. The molecule has 0 aliphatic carbocycles. The zero-order chi connectivity index (χ0) is 12.1. The van der Waals surface area contributed by atoms with Crippen LogP contribution in [0.5, 0.6) is 0 Å². The summed E-state index contributed by atoms with van der Waals surface area (Å²) >= 11 is 0. The Morgan fingerprint density at radius 1 is 0.941 bits per heavy atom. The molecule has 0 aliphatic rings. The smallest absolute Gasteiger partial charge is 0.198 e. The van der Waals surface area contributed by atoms with E-state index in [1.54, 1.807) is 24.3 Å². The van der Waals surface area contributed by atoms with Crippen molar-refractivity contribution in [3.05, 3.63) is 60.7 Å². The summed E-state index contributed by atoms with van der Waals surface area (Å²) in [5.74, 6) is 0. The molecule has 2 aromatic rings. The number of benzene rings is 2. The van der Waals surface area contributed by atoms with Crippen molar-refractivity contribution >= 4 is 15.7 Å². The van der Waals surface area contributed by atoms with Crippen molar-refractivity contribution in [3.63, 3.8) is 0 Å². The van der Waals surface area contributed by atoms with Crippen molar-refractivity contribution in [2.45, 2.75) is 4.90 Å². The Morgan fingerprint density at radius 3 is 2.00 bits per heavy atom. The van der Waals surface area contributed by atoms with Crippen molar-refractivity contribution in [3.8, 4) is 0 Å². The van der Waals surface area contributed by atoms with Gasteiger partial charge in [-0.1, -0.05) is 36.4 Å². The van der Waals surface area contributed by atoms with Crippen LogP contribution in [0.2, 0.25) is 0 Å². The van der Waals surface area contributed by atoms with E-state index in [1.165, 1.54) is 7.11 Å². The van der Waals surface area contributed by atoms with Crippen LogP contribution in [0.15, 0.2) is 69.9 Å². The first-order valence-electron chi connectivity index (χ1n) is 5.17. The summed E-state index contributed by atoms with van der Waals surface area (Å²) in [7, 11) is -1.43. The minimum absolute atomic E-state index is 0.575. The summed E-state index contributed by atoms with van der Waals surface area (Å²) < 4.78 is 21.8. The van der Waals surface area contributed by atoms with Crippen LogP contribution in [0.1, 0.15) is 0 Å². The highest BCUT2D eigenvalue weighted by molar-refractivity contribution is 7.89. The Kier molecular flexibility index (Phi) is 3.56. The lowest BCUT2D eigenvalue weighted by atomic mass is 10.3. The lowest BCUT2D eigenvalue weighted by molar-refractivity contribution is 0.436. The molecule has 88 valence electrons. The molecule has 3 nitrogen and oxygen atoms in total. The van der Waals surface area contributed by atoms with Crippen LogP contribution in [-0.2, 0) is 14.2 Å². The van der Waals surface area contributed by atoms with E-state index in [9.17, 15) is 4.21 Å². The average Bonchev–Trinajstić information content (AvgIpc) is 2.41. The Labute approximate surface area is 101 Å². The first-order chi connectivity index (χ1) is 8.24. The van der Waals surface area contributed by atoms with Gasteiger partial charge in [0, 0.05) is 0 Å². The molecule has 4 heteroatoms. The van der Waals surface area contributed by atoms with Crippen LogP contribution in [0.3, 0.4) is 0 Å². The third kappa shape index (κ3) is 2.72. The Hall–Kier alpha value is -1.65. The van der Waals surface area contributed by atoms with Gasteiger partial charge in [-0.25, -0.2) is 4.21 Å². The van der Waals surface area contributed by atoms with Crippen molar-refractivity contribution in [1.29, 1.82) is 0 Å². The summed E-state index contributed by atoms with van der Waals surface area (Å²) in [6, 6.07) is 18.2. The lowest BCUT2D eigenvalue weighted by Crippen LogP contribution is -2.02. The van der Waals surface area contributed by atoms with E-state index in [0.29, 0.717) is 10.6 Å². The molecule has 0 radical (unpaired) electrons. The highest BCUT2D eigenvalue weighted by Gasteiger charge is 2.10. The van der Waals surface area contributed by atoms with Crippen LogP contribution in [-0.4, -0.2) is 11.3 Å². The summed E-state index contributed by atoms with van der Waals surface area (Å²) in [6.07, 6.45) is 0. The van der Waals surface area contributed by atoms with E-state index in [2.05, 4.69) is 4.36 Å². The van der Waals surface area contributed by atoms with Crippen molar-refractivity contribution < 1.29 is 8.39 Å². The maximum absolute atomic E-state index is 12.5. The first-order valence-corrected chi connectivity index (χ1v) is 6.61. The molecule has 2 rings (SSSR count). The van der Waals surface area contributed by atoms with Gasteiger partial charge in [0.25, 0.3) is 0 Å². The van der Waals surface area contributed by atoms with Gasteiger partial charge in [-0.2, -0.15) is 4.36 Å². The molecule has 0 amide bonds. The monoisotopic (exact) mass is 247 g/mol. The molecule has 0 spiro atoms. The minimum Gasteiger partial charge on any atom is -0.284 e. The molecule has 0 N–H and O–H groups in total. The van der Waals surface area contributed by atoms with E-state index in [-0.39, 0.29) is 0 Å². The molecule has 0 aliphatic heterocycles. The minimum atomic E-state index is -2.83. The normalized spacial score (nSPS) is 13.9. The summed E-state index contributed by atoms with van der Waals surface area (Å²) in [4.78, 5) is 0.575. The largest absolute Gasteiger partial charge is 0.284 e. The topological polar surface area (TPSA) is 38.7 Å². The maximum Gasteiger partial charge on any atom is 0.198 e. The van der Waals surface area contributed by atoms with Crippen LogP contribution in [0.4, 0.5) is 5.69 Å². The van der Waals surface area contributed by atoms with Gasteiger partial charge in [0.05, 0.1) is 17.7 Å². The zero-order valence-electron chi connectivity index (χ0n) is 9.45. The summed E-state index contributed by atoms with van der Waals surface area (Å²) in [5.41, 5.74) is 0.642. The van der Waals surface area contributed by atoms with Crippen molar-refractivity contribution in [2.75, 3.05) is 7.11 Å². The van der Waals surface area contributed by atoms with Gasteiger partial charge in [0.1, 0.15) is 0 Å². The van der Waals surface area contributed by atoms with Gasteiger partial charge in [0.15, 0.2) is 10.0 Å². The van der Waals surface area contributed by atoms with Gasteiger partial charge in [0.2, 0.25) is 0 Å². The van der Waals surface area contributed by atoms with Crippen LogP contribution in [0, 0.1) is 0 Å². The predicted molar refractivity (Wildman–Crippen MR) is 68.4 cm³/mol. The van der Waals surface area contributed by atoms with Gasteiger partial charge in [-0.15, -0.1) is 0 Å². The number of hydrogen-bond donors (Lipinski definition) is 0. The molecule has 1 unspecified atom stereocenters. The van der Waals surface area contributed by atoms with E-state index in [1.807, 2.05) is 36.4 Å². The summed E-state index contributed by atoms with van der Waals surface area (Å²) in [6.45, 7) is 0. The highest BCUT2D eigenvalue weighted by atomic mass is 32.2. The molecule has 17 heavy (non-hydrogen) atoms. The number of nitrogens with zero attached hydrogens (tertiary/aromatic N) is 1. The fraction of sp³-hybridized carbons (Fsp3) is 0.0769. The van der Waals surface area contributed by atoms with E-state index < -0.39 is 10.0 Å². The molecule has 0 saturated carbocycles. The van der Waals surface area contributed by atoms with E-state index in [4.69, 9.17) is 4.18 Å². The zero-order valence-corrected chi connectivity index (χ0v) is 10.3. The van der Waals surface area contributed by atoms with Gasteiger partial charge in [-0.3, -0.25) is 4.18 Å². The third-order valence-electron chi connectivity index (χ3n) is 2.25. The van der Waals surface area contributed by atoms with Crippen LogP contribution in [0.25, 0.3) is 0 Å². The van der Waals surface area contributed by atoms with Gasteiger partial charge in [-0.05, 0) is 24.3 Å². The van der Waals surface area contributed by atoms with Crippen LogP contribution < -0.4 is 0 Å². The average molecular weight is 247 g/mol. The highest BCUT2D eigenvalue weighted by Crippen LogP contribution is 2.20. The second-order valence-corrected chi connectivity index (χ2v) is 5.32. The molecule has 0 fully saturated rings. The molecule has 0 aromatic heterocycles. The first kappa shape index (κ1) is 11.8. The maximum atomic E-state index is 12.5. The molecule has 0 heterocycles. The summed E-state index contributed by atoms with van der Waals surface area (Å²) in [5, 5.41) is 0. The molecule has 0 bridgehead atoms. The fourth-order valence-electron chi connectivity index (χ4n) is 1.41. The lowest BCUT2D eigenvalue weighted by Gasteiger charge is -2.07. The Morgan fingerprint density at radius 2 is 1.47 bits per heavy atom. The van der Waals surface area contributed by atoms with Gasteiger partial charge >= 0.3 is 0 Å². The Balaban J connectivity index is 2.53. The fourth-order valence-corrected chi connectivity index (χ4v) is 2.68. The Bertz CT molecular complexity index is 587. The van der Waals surface area contributed by atoms with Crippen molar-refractivity contribution in [1.82, 2.24) is 0 Å². The predicted octanol–water partition coefficient (Wildman–Crippen LogP) is 3.41. The third-order valence-corrected chi connectivity index (χ3v) is 4.02. The van der Waals surface area contributed by atoms with Gasteiger partial charge < -0.3 is 0 Å². The quantitative estimate of drug-likeness (QED) is 0.833. The van der Waals surface area contributed by atoms with Crippen LogP contribution >= 0.6 is 0 Å². The molecular weight excluding hydrogens is 234 g/mol. The standard InChI is InChI=1S/C13H13NO2S/c1-16-17(15,13-10-6-3-7-11-13)14-12-8-4-2-5-9-12/h2-11H,1H3. The number of hydrogen-bond acceptors (Lipinski definition) is 3.